The fourth-order valence-electron chi connectivity index (χ4n) is 11.4. The molecular formula is C75H73NO. The number of furan rings is 1. The second-order valence-corrected chi connectivity index (χ2v) is 20.8. The maximum Gasteiger partial charge on any atom is 0.135 e. The van der Waals surface area contributed by atoms with E-state index in [-0.39, 0.29) is 11.5 Å². The Morgan fingerprint density at radius 1 is 0.558 bits per heavy atom. The summed E-state index contributed by atoms with van der Waals surface area (Å²) in [5.41, 5.74) is 25.0. The van der Waals surface area contributed by atoms with Gasteiger partial charge in [-0.25, -0.2) is 0 Å². The van der Waals surface area contributed by atoms with E-state index in [9.17, 15) is 0 Å². The van der Waals surface area contributed by atoms with Crippen LogP contribution in [0.2, 0.25) is 0 Å². The topological polar surface area (TPSA) is 25.5 Å². The van der Waals surface area contributed by atoms with Gasteiger partial charge in [-0.15, -0.1) is 6.42 Å². The van der Waals surface area contributed by atoms with E-state index >= 15 is 0 Å². The Kier molecular flexibility index (Phi) is 16.8. The lowest BCUT2D eigenvalue weighted by Crippen LogP contribution is -2.25. The second-order valence-electron chi connectivity index (χ2n) is 20.8. The molecule has 0 aliphatic heterocycles. The summed E-state index contributed by atoms with van der Waals surface area (Å²) in [5.74, 6) is 3.22. The predicted octanol–water partition coefficient (Wildman–Crippen LogP) is 20.6. The fourth-order valence-corrected chi connectivity index (χ4v) is 11.4. The van der Waals surface area contributed by atoms with E-state index in [1.807, 2.05) is 55.5 Å². The number of hydrogen-bond acceptors (Lipinski definition) is 2. The normalized spacial score (nSPS) is 13.1. The van der Waals surface area contributed by atoms with E-state index in [1.165, 1.54) is 97.2 Å². The molecule has 1 spiro atoms. The van der Waals surface area contributed by atoms with Crippen molar-refractivity contribution in [2.45, 2.75) is 99.0 Å². The second kappa shape index (κ2) is 24.2. The number of aryl methyl sites for hydroxylation is 3. The van der Waals surface area contributed by atoms with Gasteiger partial charge in [0.15, 0.2) is 0 Å². The molecule has 0 saturated heterocycles. The first-order valence-corrected chi connectivity index (χ1v) is 27.8. The highest BCUT2D eigenvalue weighted by Gasteiger charge is 2.51. The fraction of sp³-hybridized carbons (Fsp3) is 0.213. The monoisotopic (exact) mass is 1000 g/mol. The van der Waals surface area contributed by atoms with Crippen molar-refractivity contribution in [1.82, 2.24) is 0 Å². The number of terminal acetylenes is 1. The average Bonchev–Trinajstić information content (AvgIpc) is 4.05. The van der Waals surface area contributed by atoms with E-state index in [0.29, 0.717) is 5.92 Å². The number of rotatable bonds is 10. The molecule has 2 heteroatoms. The maximum absolute atomic E-state index is 5.95. The Morgan fingerprint density at radius 2 is 1.12 bits per heavy atom. The lowest BCUT2D eigenvalue weighted by atomic mass is 9.70. The van der Waals surface area contributed by atoms with Crippen LogP contribution < -0.4 is 0 Å². The Hall–Kier alpha value is -8.25. The molecule has 0 amide bonds. The number of nitrogens with zero attached hydrogens (tertiary/aromatic N) is 1. The zero-order valence-electron chi connectivity index (χ0n) is 46.5. The number of hydrogen-bond donors (Lipinski definition) is 0. The first kappa shape index (κ1) is 53.6. The lowest BCUT2D eigenvalue weighted by Gasteiger charge is -2.31. The molecule has 0 bridgehead atoms. The molecule has 1 aromatic heterocycles. The standard InChI is InChI=1S/C36H30.C27H25NO.C9H10.C3H8/c1-3-4-13-25-14-5-6-15-26(25)30-23-31-29-18-9-12-21-34(29)36(35(31)22-24(30)2)32-19-10-7-16-27(32)28-17-8-11-20-33(28)36;1-5-19(4)27(21-11-9-10-18(3)16-21)28-24(6-2)20-14-15-26-23(17-20)22-12-7-8-13-25(22)29-26;1-8(2)9-6-4-3-5-7-9;1-3-2/h5-12,14-23H,3-4,13H2,1-2H3;2,7-17,19,24H,5H2,1,3-4H3;3-7H,1H2,2H3;3H2,1-2H3. The van der Waals surface area contributed by atoms with Crippen molar-refractivity contribution in [3.8, 4) is 45.7 Å². The van der Waals surface area contributed by atoms with Gasteiger partial charge in [0.25, 0.3) is 0 Å². The zero-order valence-corrected chi connectivity index (χ0v) is 46.5. The van der Waals surface area contributed by atoms with Crippen LogP contribution in [0.4, 0.5) is 0 Å². The van der Waals surface area contributed by atoms with Gasteiger partial charge in [0.1, 0.15) is 17.2 Å². The van der Waals surface area contributed by atoms with Crippen LogP contribution in [0.25, 0.3) is 60.9 Å². The van der Waals surface area contributed by atoms with Gasteiger partial charge < -0.3 is 4.42 Å². The Balaban J connectivity index is 0.000000157. The summed E-state index contributed by atoms with van der Waals surface area (Å²) in [6.07, 6.45) is 11.8. The molecule has 384 valence electrons. The molecule has 1 heterocycles. The lowest BCUT2D eigenvalue weighted by molar-refractivity contribution is 0.668. The van der Waals surface area contributed by atoms with Crippen molar-refractivity contribution < 1.29 is 4.42 Å². The van der Waals surface area contributed by atoms with Crippen LogP contribution in [-0.2, 0) is 11.8 Å². The van der Waals surface area contributed by atoms with Crippen molar-refractivity contribution in [3.05, 3.63) is 268 Å². The van der Waals surface area contributed by atoms with E-state index in [4.69, 9.17) is 15.8 Å². The number of aliphatic imine (C=N–C) groups is 1. The van der Waals surface area contributed by atoms with Gasteiger partial charge in [0, 0.05) is 16.5 Å². The third-order valence-electron chi connectivity index (χ3n) is 15.3. The number of fused-ring (bicyclic) bond motifs is 13. The van der Waals surface area contributed by atoms with Crippen LogP contribution >= 0.6 is 0 Å². The summed E-state index contributed by atoms with van der Waals surface area (Å²) in [5, 5.41) is 2.18. The van der Waals surface area contributed by atoms with Gasteiger partial charge in [-0.3, -0.25) is 4.99 Å². The molecule has 0 saturated carbocycles. The van der Waals surface area contributed by atoms with E-state index in [2.05, 4.69) is 219 Å². The third-order valence-corrected chi connectivity index (χ3v) is 15.3. The first-order chi connectivity index (χ1) is 37.6. The molecule has 0 N–H and O–H groups in total. The molecule has 12 rings (SSSR count). The van der Waals surface area contributed by atoms with Gasteiger partial charge >= 0.3 is 0 Å². The summed E-state index contributed by atoms with van der Waals surface area (Å²) in [4.78, 5) is 5.07. The highest BCUT2D eigenvalue weighted by Crippen LogP contribution is 2.63. The molecule has 0 radical (unpaired) electrons. The van der Waals surface area contributed by atoms with Crippen LogP contribution in [0, 0.1) is 32.1 Å². The Labute approximate surface area is 459 Å². The minimum atomic E-state index is -0.336. The molecule has 10 aromatic rings. The molecule has 9 aromatic carbocycles. The summed E-state index contributed by atoms with van der Waals surface area (Å²) < 4.78 is 5.95. The molecule has 2 aliphatic rings. The van der Waals surface area contributed by atoms with E-state index < -0.39 is 0 Å². The molecule has 0 fully saturated rings. The zero-order chi connectivity index (χ0) is 54.1. The van der Waals surface area contributed by atoms with Crippen molar-refractivity contribution in [3.63, 3.8) is 0 Å². The number of para-hydroxylation sites is 1. The van der Waals surface area contributed by atoms with Crippen molar-refractivity contribution >= 4 is 33.2 Å². The van der Waals surface area contributed by atoms with Crippen LogP contribution in [0.5, 0.6) is 0 Å². The Morgan fingerprint density at radius 3 is 1.71 bits per heavy atom. The molecular weight excluding hydrogens is 931 g/mol. The molecule has 2 unspecified atom stereocenters. The Bertz CT molecular complexity index is 3720. The molecule has 2 atom stereocenters. The van der Waals surface area contributed by atoms with Gasteiger partial charge in [0.2, 0.25) is 0 Å². The average molecular weight is 1000 g/mol. The summed E-state index contributed by atoms with van der Waals surface area (Å²) in [7, 11) is 0. The minimum absolute atomic E-state index is 0.260. The van der Waals surface area contributed by atoms with Gasteiger partial charge in [-0.1, -0.05) is 253 Å². The van der Waals surface area contributed by atoms with Gasteiger partial charge in [0.05, 0.1) is 5.41 Å². The highest BCUT2D eigenvalue weighted by atomic mass is 16.3. The quantitative estimate of drug-likeness (QED) is 0.0990. The molecule has 2 nitrogen and oxygen atoms in total. The number of benzene rings is 9. The summed E-state index contributed by atoms with van der Waals surface area (Å²) >= 11 is 0. The maximum atomic E-state index is 5.95. The van der Waals surface area contributed by atoms with Crippen LogP contribution in [0.1, 0.15) is 129 Å². The highest BCUT2D eigenvalue weighted by molar-refractivity contribution is 6.05. The van der Waals surface area contributed by atoms with Crippen molar-refractivity contribution in [2.75, 3.05) is 0 Å². The first-order valence-electron chi connectivity index (χ1n) is 27.8. The third kappa shape index (κ3) is 10.7. The van der Waals surface area contributed by atoms with Crippen molar-refractivity contribution in [1.29, 1.82) is 0 Å². The molecule has 2 aliphatic carbocycles. The summed E-state index contributed by atoms with van der Waals surface area (Å²) in [6.45, 7) is 21.2. The summed E-state index contributed by atoms with van der Waals surface area (Å²) in [6, 6.07) is 73.7. The van der Waals surface area contributed by atoms with Crippen LogP contribution in [0.15, 0.2) is 222 Å². The number of allylic oxidation sites excluding steroid dienone is 1. The largest absolute Gasteiger partial charge is 0.456 e. The van der Waals surface area contributed by atoms with Gasteiger partial charge in [-0.05, 0) is 154 Å². The van der Waals surface area contributed by atoms with Crippen molar-refractivity contribution in [2.24, 2.45) is 10.9 Å². The van der Waals surface area contributed by atoms with E-state index in [1.54, 1.807) is 0 Å². The SMILES string of the molecule is C#CC(N=C(c1cccc(C)c1)C(C)CC)c1ccc2oc3ccccc3c2c1.C=C(C)c1ccccc1.CCC.CCCCc1ccccc1-c1cc2c(cc1C)C1(c3ccccc3-c3ccccc31)c1ccccc1-2. The van der Waals surface area contributed by atoms with Crippen LogP contribution in [0.3, 0.4) is 0 Å². The smallest absolute Gasteiger partial charge is 0.135 e. The van der Waals surface area contributed by atoms with E-state index in [0.717, 1.165) is 57.2 Å². The number of unbranched alkanes of at least 4 members (excludes halogenated alkanes) is 1. The predicted molar refractivity (Wildman–Crippen MR) is 331 cm³/mol. The van der Waals surface area contributed by atoms with Gasteiger partial charge in [-0.2, -0.15) is 0 Å². The minimum Gasteiger partial charge on any atom is -0.456 e. The molecule has 77 heavy (non-hydrogen) atoms. The van der Waals surface area contributed by atoms with Crippen LogP contribution in [-0.4, -0.2) is 5.71 Å².